The van der Waals surface area contributed by atoms with E-state index in [4.69, 9.17) is 0 Å². The van der Waals surface area contributed by atoms with Crippen LogP contribution in [0.3, 0.4) is 0 Å². The average molecular weight is 246 g/mol. The maximum atomic E-state index is 3.52. The van der Waals surface area contributed by atoms with Gasteiger partial charge in [0.15, 0.2) is 0 Å². The Balaban J connectivity index is 2.07. The molecule has 0 spiro atoms. The lowest BCUT2D eigenvalue weighted by atomic mass is 9.95. The fourth-order valence-electron chi connectivity index (χ4n) is 2.55. The maximum absolute atomic E-state index is 3.52. The molecule has 0 amide bonds. The first kappa shape index (κ1) is 13.6. The Morgan fingerprint density at radius 3 is 2.61 bits per heavy atom. The zero-order valence-electron chi connectivity index (χ0n) is 11.9. The third-order valence-corrected chi connectivity index (χ3v) is 4.20. The fraction of sp³-hybridized carbons (Fsp3) is 0.625. The molecule has 0 bridgehead atoms. The molecule has 0 saturated carbocycles. The largest absolute Gasteiger partial charge is 0.314 e. The van der Waals surface area contributed by atoms with E-state index in [2.05, 4.69) is 61.3 Å². The summed E-state index contributed by atoms with van der Waals surface area (Å²) in [5.41, 5.74) is 1.45. The summed E-state index contributed by atoms with van der Waals surface area (Å²) < 4.78 is 0. The molecule has 0 radical (unpaired) electrons. The molecule has 2 unspecified atom stereocenters. The van der Waals surface area contributed by atoms with E-state index < -0.39 is 0 Å². The summed E-state index contributed by atoms with van der Waals surface area (Å²) in [6.07, 6.45) is 0. The van der Waals surface area contributed by atoms with Gasteiger partial charge in [-0.05, 0) is 17.4 Å². The van der Waals surface area contributed by atoms with Crippen LogP contribution in [0.15, 0.2) is 30.3 Å². The molecule has 2 atom stereocenters. The predicted molar refractivity (Wildman–Crippen MR) is 77.6 cm³/mol. The summed E-state index contributed by atoms with van der Waals surface area (Å²) in [5, 5.41) is 3.52. The molecular weight excluding hydrogens is 220 g/mol. The van der Waals surface area contributed by atoms with Crippen molar-refractivity contribution in [1.82, 2.24) is 10.2 Å². The lowest BCUT2D eigenvalue weighted by Crippen LogP contribution is -2.47. The van der Waals surface area contributed by atoms with Crippen molar-refractivity contribution in [2.24, 2.45) is 11.8 Å². The van der Waals surface area contributed by atoms with Crippen LogP contribution in [0.1, 0.15) is 32.4 Å². The van der Waals surface area contributed by atoms with Crippen LogP contribution in [-0.4, -0.2) is 31.1 Å². The van der Waals surface area contributed by atoms with Crippen molar-refractivity contribution in [3.63, 3.8) is 0 Å². The molecular formula is C16H26N2. The van der Waals surface area contributed by atoms with Crippen LogP contribution in [0.2, 0.25) is 0 Å². The van der Waals surface area contributed by atoms with Gasteiger partial charge in [0.05, 0.1) is 0 Å². The van der Waals surface area contributed by atoms with Gasteiger partial charge >= 0.3 is 0 Å². The molecule has 2 heteroatoms. The van der Waals surface area contributed by atoms with Crippen molar-refractivity contribution in [3.05, 3.63) is 35.9 Å². The molecule has 2 nitrogen and oxygen atoms in total. The maximum Gasteiger partial charge on any atom is 0.0473 e. The number of nitrogens with zero attached hydrogens (tertiary/aromatic N) is 1. The molecule has 1 N–H and O–H groups in total. The Hall–Kier alpha value is -0.860. The van der Waals surface area contributed by atoms with Crippen molar-refractivity contribution >= 4 is 0 Å². The Bertz CT molecular complexity index is 347. The molecule has 1 saturated heterocycles. The number of benzene rings is 1. The molecule has 2 rings (SSSR count). The van der Waals surface area contributed by atoms with E-state index in [9.17, 15) is 0 Å². The van der Waals surface area contributed by atoms with E-state index in [0.717, 1.165) is 31.5 Å². The number of hydrogen-bond donors (Lipinski definition) is 1. The van der Waals surface area contributed by atoms with Crippen LogP contribution >= 0.6 is 0 Å². The van der Waals surface area contributed by atoms with Gasteiger partial charge < -0.3 is 5.32 Å². The Morgan fingerprint density at radius 2 is 1.94 bits per heavy atom. The van der Waals surface area contributed by atoms with Crippen LogP contribution in [0.5, 0.6) is 0 Å². The first-order valence-electron chi connectivity index (χ1n) is 7.18. The number of rotatable bonds is 4. The molecule has 1 aromatic rings. The highest BCUT2D eigenvalue weighted by molar-refractivity contribution is 5.20. The first-order chi connectivity index (χ1) is 8.68. The Kier molecular flexibility index (Phi) is 4.79. The van der Waals surface area contributed by atoms with Crippen molar-refractivity contribution in [2.45, 2.75) is 26.8 Å². The summed E-state index contributed by atoms with van der Waals surface area (Å²) in [4.78, 5) is 2.65. The second kappa shape index (κ2) is 6.35. The summed E-state index contributed by atoms with van der Waals surface area (Å²) in [6.45, 7) is 11.6. The monoisotopic (exact) mass is 246 g/mol. The number of hydrogen-bond acceptors (Lipinski definition) is 2. The fourth-order valence-corrected chi connectivity index (χ4v) is 2.55. The van der Waals surface area contributed by atoms with Crippen LogP contribution < -0.4 is 5.32 Å². The van der Waals surface area contributed by atoms with Gasteiger partial charge in [-0.2, -0.15) is 0 Å². The van der Waals surface area contributed by atoms with E-state index in [1.54, 1.807) is 0 Å². The van der Waals surface area contributed by atoms with Crippen LogP contribution in [0.4, 0.5) is 0 Å². The first-order valence-corrected chi connectivity index (χ1v) is 7.18. The number of nitrogens with one attached hydrogen (secondary N) is 1. The summed E-state index contributed by atoms with van der Waals surface area (Å²) in [6, 6.07) is 11.4. The van der Waals surface area contributed by atoms with Crippen molar-refractivity contribution in [2.75, 3.05) is 26.2 Å². The predicted octanol–water partition coefficient (Wildman–Crippen LogP) is 2.93. The lowest BCUT2D eigenvalue weighted by molar-refractivity contribution is 0.128. The van der Waals surface area contributed by atoms with Crippen LogP contribution in [-0.2, 0) is 0 Å². The van der Waals surface area contributed by atoms with Gasteiger partial charge in [0.1, 0.15) is 0 Å². The molecule has 1 aliphatic rings. The minimum absolute atomic E-state index is 0.543. The van der Waals surface area contributed by atoms with Gasteiger partial charge in [0.25, 0.3) is 0 Å². The highest BCUT2D eigenvalue weighted by atomic mass is 15.2. The third kappa shape index (κ3) is 3.33. The quantitative estimate of drug-likeness (QED) is 0.879. The molecule has 100 valence electrons. The van der Waals surface area contributed by atoms with Gasteiger partial charge in [-0.25, -0.2) is 0 Å². The topological polar surface area (TPSA) is 15.3 Å². The van der Waals surface area contributed by atoms with Gasteiger partial charge in [-0.1, -0.05) is 51.1 Å². The average Bonchev–Trinajstić information content (AvgIpc) is 2.40. The lowest BCUT2D eigenvalue weighted by Gasteiger charge is -2.38. The van der Waals surface area contributed by atoms with Crippen LogP contribution in [0, 0.1) is 11.8 Å². The second-order valence-corrected chi connectivity index (χ2v) is 5.85. The normalized spacial score (nSPS) is 23.2. The SMILES string of the molecule is CC(C)C(C)CN1CCNCC1c1ccccc1. The van der Waals surface area contributed by atoms with E-state index >= 15 is 0 Å². The Morgan fingerprint density at radius 1 is 1.22 bits per heavy atom. The van der Waals surface area contributed by atoms with Crippen molar-refractivity contribution in [1.29, 1.82) is 0 Å². The van der Waals surface area contributed by atoms with Crippen molar-refractivity contribution < 1.29 is 0 Å². The second-order valence-electron chi connectivity index (χ2n) is 5.85. The van der Waals surface area contributed by atoms with Gasteiger partial charge in [0.2, 0.25) is 0 Å². The zero-order valence-corrected chi connectivity index (χ0v) is 11.9. The molecule has 1 fully saturated rings. The highest BCUT2D eigenvalue weighted by Gasteiger charge is 2.25. The minimum atomic E-state index is 0.543. The molecule has 18 heavy (non-hydrogen) atoms. The summed E-state index contributed by atoms with van der Waals surface area (Å²) in [7, 11) is 0. The number of piperazine rings is 1. The van der Waals surface area contributed by atoms with E-state index in [1.165, 1.54) is 12.1 Å². The zero-order chi connectivity index (χ0) is 13.0. The molecule has 1 aromatic carbocycles. The summed E-state index contributed by atoms with van der Waals surface area (Å²) in [5.74, 6) is 1.52. The highest BCUT2D eigenvalue weighted by Crippen LogP contribution is 2.24. The van der Waals surface area contributed by atoms with Crippen molar-refractivity contribution in [3.8, 4) is 0 Å². The molecule has 0 aromatic heterocycles. The molecule has 0 aliphatic carbocycles. The van der Waals surface area contributed by atoms with E-state index in [0.29, 0.717) is 6.04 Å². The minimum Gasteiger partial charge on any atom is -0.314 e. The smallest absolute Gasteiger partial charge is 0.0473 e. The van der Waals surface area contributed by atoms with Crippen LogP contribution in [0.25, 0.3) is 0 Å². The van der Waals surface area contributed by atoms with E-state index in [-0.39, 0.29) is 0 Å². The third-order valence-electron chi connectivity index (χ3n) is 4.20. The molecule has 1 aliphatic heterocycles. The van der Waals surface area contributed by atoms with Gasteiger partial charge in [0, 0.05) is 32.2 Å². The molecule has 1 heterocycles. The van der Waals surface area contributed by atoms with Gasteiger partial charge in [-0.15, -0.1) is 0 Å². The Labute approximate surface area is 111 Å². The van der Waals surface area contributed by atoms with Gasteiger partial charge in [-0.3, -0.25) is 4.90 Å². The summed E-state index contributed by atoms with van der Waals surface area (Å²) >= 11 is 0. The standard InChI is InChI=1S/C16H26N2/c1-13(2)14(3)12-18-10-9-17-11-16(18)15-7-5-4-6-8-15/h4-8,13-14,16-17H,9-12H2,1-3H3. The van der Waals surface area contributed by atoms with E-state index in [1.807, 2.05) is 0 Å².